The number of rotatable bonds is 18. The molecule has 13 N–H and O–H groups in total. The zero-order valence-corrected chi connectivity index (χ0v) is 79.3. The number of piperidine rings is 4. The number of hydrogen-bond acceptors (Lipinski definition) is 32. The maximum Gasteiger partial charge on any atom is 0.263 e. The molecule has 8 amide bonds. The van der Waals surface area contributed by atoms with E-state index in [2.05, 4.69) is 104 Å². The number of fused-ring (bicyclic) bond motifs is 4. The highest BCUT2D eigenvalue weighted by Crippen LogP contribution is 2.45. The Morgan fingerprint density at radius 1 is 0.356 bits per heavy atom. The molecule has 12 aromatic heterocycles. The van der Waals surface area contributed by atoms with Gasteiger partial charge < -0.3 is 93.3 Å². The monoisotopic (exact) mass is 2020 g/mol. The summed E-state index contributed by atoms with van der Waals surface area (Å²) in [4.78, 5) is 153. The molecule has 0 bridgehead atoms. The number of nitrogens with one attached hydrogen (secondary N) is 5. The van der Waals surface area contributed by atoms with Gasteiger partial charge in [-0.3, -0.25) is 68.1 Å². The standard InChI is InChI=1S/C26H31F2N9O2.C25H29F2N9O2.C22H24F2N8O3.C21H22F2N8O3/c27-17-12-31-24-21(23(29)33-37(24)15-17)25(38)32-20-14-30-13-19(28)22(20)35-6-4-16(5-7-35)26(39)36-10-8-34(9-11-36)18-2-1-3-18;1-33-8-9-35(14-25(33)4-5-25)24(38)15-2-6-34(7-3-15)20-17(27)11-29-12-18(20)31-23(37)19-21(28)32-36-13-16(26)10-30-22(19)36;23-14-9-27-20-17(19(25)29-32(20)12-14)21(33)28-16-11-26-10-15(24)18(16)30-3-1-13(2-4-30)22(34)31-5-7-35-8-6-31;22-12-5-26-19-16(18(24)29-31(19)8-12)21(33)28-15-7-25-6-14(23)17(15)30-3-1-11(2-4-30)20(32)27-13-9-34-10-13/h12-16,18H,1-11H2,(H2,29,33)(H,32,38);10-13,15H,2-9,14H2,1H3,(H2,28,32)(H,31,37);9-13H,1-8H2,(H2,25,29)(H,28,33);5-8,11,13H,1-4,9-10H2,(H2,24,29)(H,27,32)(H,28,33). The fourth-order valence-electron chi connectivity index (χ4n) is 20.3. The first-order valence-corrected chi connectivity index (χ1v) is 48.2. The molecule has 0 aromatic carbocycles. The molecular weight excluding hydrogens is 1920 g/mol. The van der Waals surface area contributed by atoms with Crippen molar-refractivity contribution >= 4 is 139 Å². The topological polar surface area (TPSA) is 521 Å². The molecule has 22 rings (SSSR count). The summed E-state index contributed by atoms with van der Waals surface area (Å²) < 4.78 is 128. The minimum atomic E-state index is -0.683. The van der Waals surface area contributed by atoms with Crippen LogP contribution in [0.15, 0.2) is 99.1 Å². The molecule has 52 heteroatoms. The number of nitrogen functional groups attached to an aromatic ring is 4. The summed E-state index contributed by atoms with van der Waals surface area (Å²) in [7, 11) is 2.13. The van der Waals surface area contributed by atoms with Gasteiger partial charge in [-0.2, -0.15) is 0 Å². The van der Waals surface area contributed by atoms with Gasteiger partial charge in [-0.25, -0.2) is 73.1 Å². The zero-order valence-electron chi connectivity index (χ0n) is 79.3. The molecule has 2 aliphatic carbocycles. The van der Waals surface area contributed by atoms with Crippen molar-refractivity contribution in [2.75, 3.05) is 209 Å². The van der Waals surface area contributed by atoms with Crippen LogP contribution in [0.4, 0.5) is 104 Å². The number of anilines is 12. The molecule has 12 aromatic rings. The highest BCUT2D eigenvalue weighted by Gasteiger charge is 2.51. The molecule has 0 radical (unpaired) electrons. The maximum absolute atomic E-state index is 15.1. The molecule has 146 heavy (non-hydrogen) atoms. The molecule has 0 unspecified atom stereocenters. The van der Waals surface area contributed by atoms with E-state index in [0.29, 0.717) is 149 Å². The lowest BCUT2D eigenvalue weighted by molar-refractivity contribution is -0.140. The van der Waals surface area contributed by atoms with Crippen LogP contribution in [0.25, 0.3) is 22.6 Å². The van der Waals surface area contributed by atoms with Crippen LogP contribution in [-0.4, -0.2) is 312 Å². The van der Waals surface area contributed by atoms with Crippen LogP contribution in [-0.2, 0) is 28.7 Å². The number of aromatic nitrogens is 16. The number of amides is 8. The number of morpholine rings is 1. The van der Waals surface area contributed by atoms with E-state index in [9.17, 15) is 64.7 Å². The number of nitrogens with two attached hydrogens (primary N) is 4. The van der Waals surface area contributed by atoms with Crippen molar-refractivity contribution in [2.24, 2.45) is 23.7 Å². The van der Waals surface area contributed by atoms with E-state index in [1.54, 1.807) is 9.80 Å². The Bertz CT molecular complexity index is 6960. The summed E-state index contributed by atoms with van der Waals surface area (Å²) in [5, 5.41) is 29.3. The van der Waals surface area contributed by atoms with Crippen molar-refractivity contribution in [3.8, 4) is 0 Å². The summed E-state index contributed by atoms with van der Waals surface area (Å²) in [6.07, 6.45) is 28.4. The summed E-state index contributed by atoms with van der Waals surface area (Å²) in [6, 6.07) is 0.752. The van der Waals surface area contributed by atoms with Gasteiger partial charge in [-0.15, -0.1) is 20.4 Å². The van der Waals surface area contributed by atoms with Crippen molar-refractivity contribution in [1.29, 1.82) is 0 Å². The molecule has 20 heterocycles. The molecule has 2 saturated carbocycles. The predicted octanol–water partition coefficient (Wildman–Crippen LogP) is 6.19. The second kappa shape index (κ2) is 42.4. The van der Waals surface area contributed by atoms with Gasteiger partial charge in [0.2, 0.25) is 23.6 Å². The fourth-order valence-corrected chi connectivity index (χ4v) is 20.3. The highest BCUT2D eigenvalue weighted by atomic mass is 19.2. The van der Waals surface area contributed by atoms with E-state index in [-0.39, 0.29) is 172 Å². The van der Waals surface area contributed by atoms with E-state index >= 15 is 8.78 Å². The third-order valence-electron chi connectivity index (χ3n) is 28.6. The molecule has 1 spiro atoms. The normalized spacial score (nSPS) is 18.3. The molecule has 0 atom stereocenters. The van der Waals surface area contributed by atoms with Gasteiger partial charge in [0.25, 0.3) is 23.6 Å². The third-order valence-corrected chi connectivity index (χ3v) is 28.6. The fraction of sp³-hybridized carbons (Fsp3) is 0.447. The van der Waals surface area contributed by atoms with E-state index in [4.69, 9.17) is 32.4 Å². The van der Waals surface area contributed by atoms with Crippen molar-refractivity contribution in [3.63, 3.8) is 0 Å². The quantitative estimate of drug-likeness (QED) is 0.0432. The SMILES string of the molecule is CN1CCN(C(=O)C2CCN(c3c(F)cncc3NC(=O)c3c(N)nn4cc(F)cnc34)CC2)CC12CC2.Nc1nn2cc(F)cnc2c1C(=O)Nc1cncc(F)c1N1CCC(C(=O)N2CCN(C3CCC3)CC2)CC1.Nc1nn2cc(F)cnc2c1C(=O)Nc1cncc(F)c1N1CCC(C(=O)N2CCOCC2)CC1.Nc1nn2cc(F)cnc2c1C(=O)Nc1cncc(F)c1N1CCC(C(=O)NC2COC2)CC1. The van der Waals surface area contributed by atoms with Crippen LogP contribution in [0, 0.1) is 70.2 Å². The highest BCUT2D eigenvalue weighted by molar-refractivity contribution is 6.15. The lowest BCUT2D eigenvalue weighted by atomic mass is 9.90. The predicted molar refractivity (Wildman–Crippen MR) is 515 cm³/mol. The van der Waals surface area contributed by atoms with Crippen molar-refractivity contribution in [3.05, 3.63) is 168 Å². The number of halogens is 8. The number of carbonyl (C=O) groups excluding carboxylic acids is 8. The lowest BCUT2D eigenvalue weighted by Crippen LogP contribution is -2.56. The van der Waals surface area contributed by atoms with Gasteiger partial charge in [0.05, 0.1) is 154 Å². The number of nitrogens with zero attached hydrogens (tertiary/aromatic N) is 25. The molecule has 10 aliphatic rings. The van der Waals surface area contributed by atoms with Gasteiger partial charge in [0.15, 0.2) is 92.4 Å². The van der Waals surface area contributed by atoms with E-state index in [1.807, 2.05) is 24.5 Å². The maximum atomic E-state index is 15.1. The average Bonchev–Trinajstić information content (AvgIpc) is 1.60. The number of carbonyl (C=O) groups is 8. The second-order valence-electron chi connectivity index (χ2n) is 37.7. The smallest absolute Gasteiger partial charge is 0.263 e. The van der Waals surface area contributed by atoms with Crippen molar-refractivity contribution < 1.29 is 83.0 Å². The van der Waals surface area contributed by atoms with Crippen LogP contribution < -0.4 is 69.1 Å². The number of pyridine rings is 4. The van der Waals surface area contributed by atoms with Crippen LogP contribution in [0.5, 0.6) is 0 Å². The first-order chi connectivity index (χ1) is 70.5. The molecule has 44 nitrogen and oxygen atoms in total. The summed E-state index contributed by atoms with van der Waals surface area (Å²) in [5.74, 6) is -8.29. The largest absolute Gasteiger partial charge is 0.381 e. The number of piperazine rings is 2. The second-order valence-corrected chi connectivity index (χ2v) is 37.7. The lowest BCUT2D eigenvalue weighted by Gasteiger charge is -2.44. The number of likely N-dealkylation sites (N-methyl/N-ethyl adjacent to an activating group) is 1. The molecule has 8 saturated heterocycles. The van der Waals surface area contributed by atoms with Crippen molar-refractivity contribution in [2.45, 2.75) is 101 Å². The first kappa shape index (κ1) is 99.3. The molecule has 8 aliphatic heterocycles. The zero-order chi connectivity index (χ0) is 102. The minimum absolute atomic E-state index is 0.0239. The van der Waals surface area contributed by atoms with Gasteiger partial charge in [0.1, 0.15) is 45.0 Å². The van der Waals surface area contributed by atoms with E-state index in [1.165, 1.54) is 44.0 Å². The van der Waals surface area contributed by atoms with E-state index in [0.717, 1.165) is 151 Å². The number of ether oxygens (including phenoxy) is 2. The van der Waals surface area contributed by atoms with Gasteiger partial charge in [-0.1, -0.05) is 6.42 Å². The molecule has 768 valence electrons. The Morgan fingerprint density at radius 3 is 0.952 bits per heavy atom. The van der Waals surface area contributed by atoms with Gasteiger partial charge in [-0.05, 0) is 84.1 Å². The Balaban J connectivity index is 0.000000123. The first-order valence-electron chi connectivity index (χ1n) is 48.2. The molecule has 10 fully saturated rings. The Kier molecular flexibility index (Phi) is 28.9. The summed E-state index contributed by atoms with van der Waals surface area (Å²) in [5.41, 5.74) is 25.1. The average molecular weight is 2020 g/mol. The van der Waals surface area contributed by atoms with Crippen LogP contribution in [0.1, 0.15) is 125 Å². The van der Waals surface area contributed by atoms with E-state index < -0.39 is 70.2 Å². The summed E-state index contributed by atoms with van der Waals surface area (Å²) >= 11 is 0. The Morgan fingerprint density at radius 2 is 0.658 bits per heavy atom. The van der Waals surface area contributed by atoms with Crippen LogP contribution in [0.3, 0.4) is 0 Å². The van der Waals surface area contributed by atoms with Gasteiger partial charge in [0, 0.05) is 147 Å². The van der Waals surface area contributed by atoms with Gasteiger partial charge >= 0.3 is 0 Å². The minimum Gasteiger partial charge on any atom is -0.381 e. The third kappa shape index (κ3) is 21.0. The van der Waals surface area contributed by atoms with Crippen LogP contribution in [0.2, 0.25) is 0 Å². The Labute approximate surface area is 827 Å². The van der Waals surface area contributed by atoms with Crippen molar-refractivity contribution in [1.82, 2.24) is 108 Å². The molecular formula is C94H106F8N34O10. The van der Waals surface area contributed by atoms with Crippen LogP contribution >= 0.6 is 0 Å². The summed E-state index contributed by atoms with van der Waals surface area (Å²) in [6.45, 7) is 12.6. The number of hydrogen-bond donors (Lipinski definition) is 9. The Hall–Kier alpha value is -15.5.